The van der Waals surface area contributed by atoms with Gasteiger partial charge in [0.1, 0.15) is 11.9 Å². The van der Waals surface area contributed by atoms with Gasteiger partial charge >= 0.3 is 0 Å². The van der Waals surface area contributed by atoms with E-state index in [1.54, 1.807) is 7.05 Å². The van der Waals surface area contributed by atoms with Crippen molar-refractivity contribution in [3.63, 3.8) is 0 Å². The number of halogens is 1. The summed E-state index contributed by atoms with van der Waals surface area (Å²) in [6.45, 7) is 12.6. The van der Waals surface area contributed by atoms with Crippen LogP contribution in [0.3, 0.4) is 0 Å². The predicted octanol–water partition coefficient (Wildman–Crippen LogP) is 2.79. The molecule has 1 aliphatic rings. The van der Waals surface area contributed by atoms with Crippen LogP contribution in [0.15, 0.2) is 23.2 Å². The standard InChI is InChI=1S/C20H34N4O2.HI/c1-5-24(6-2)11-10-22-20(21-4)23-14-17-8-7-16(3)13-19(17)26-18-9-12-25-15-18;/h7-8,13,18H,5-6,9-12,14-15H2,1-4H3,(H2,21,22,23);1H. The van der Waals surface area contributed by atoms with Crippen molar-refractivity contribution in [2.45, 2.75) is 39.8 Å². The van der Waals surface area contributed by atoms with Crippen LogP contribution >= 0.6 is 24.0 Å². The molecule has 1 heterocycles. The molecule has 1 aromatic carbocycles. The van der Waals surface area contributed by atoms with E-state index in [1.165, 1.54) is 5.56 Å². The molecule has 154 valence electrons. The van der Waals surface area contributed by atoms with Gasteiger partial charge in [-0.3, -0.25) is 4.99 Å². The fraction of sp³-hybridized carbons (Fsp3) is 0.650. The molecule has 0 aliphatic carbocycles. The number of rotatable bonds is 9. The first kappa shape index (κ1) is 24.0. The maximum atomic E-state index is 6.16. The number of guanidine groups is 1. The number of nitrogens with zero attached hydrogens (tertiary/aromatic N) is 2. The lowest BCUT2D eigenvalue weighted by Gasteiger charge is -2.20. The van der Waals surface area contributed by atoms with Gasteiger partial charge in [0.25, 0.3) is 0 Å². The van der Waals surface area contributed by atoms with E-state index in [1.807, 2.05) is 0 Å². The van der Waals surface area contributed by atoms with Crippen molar-refractivity contribution in [2.24, 2.45) is 4.99 Å². The molecule has 1 atom stereocenters. The molecule has 27 heavy (non-hydrogen) atoms. The summed E-state index contributed by atoms with van der Waals surface area (Å²) in [5.41, 5.74) is 2.33. The van der Waals surface area contributed by atoms with E-state index < -0.39 is 0 Å². The third-order valence-electron chi connectivity index (χ3n) is 4.69. The van der Waals surface area contributed by atoms with Gasteiger partial charge in [-0.1, -0.05) is 26.0 Å². The maximum Gasteiger partial charge on any atom is 0.191 e. The zero-order chi connectivity index (χ0) is 18.8. The molecule has 6 nitrogen and oxygen atoms in total. The minimum absolute atomic E-state index is 0. The van der Waals surface area contributed by atoms with Crippen LogP contribution in [0.1, 0.15) is 31.4 Å². The average Bonchev–Trinajstić information content (AvgIpc) is 3.15. The summed E-state index contributed by atoms with van der Waals surface area (Å²) in [6.07, 6.45) is 1.11. The van der Waals surface area contributed by atoms with Gasteiger partial charge in [-0.15, -0.1) is 24.0 Å². The number of aliphatic imine (C=N–C) groups is 1. The van der Waals surface area contributed by atoms with Crippen molar-refractivity contribution in [2.75, 3.05) is 46.4 Å². The van der Waals surface area contributed by atoms with E-state index in [9.17, 15) is 0 Å². The molecule has 1 fully saturated rings. The van der Waals surface area contributed by atoms with Crippen molar-refractivity contribution in [1.29, 1.82) is 0 Å². The van der Waals surface area contributed by atoms with E-state index in [0.29, 0.717) is 13.2 Å². The summed E-state index contributed by atoms with van der Waals surface area (Å²) in [4.78, 5) is 6.70. The Kier molecular flexibility index (Phi) is 11.7. The zero-order valence-electron chi connectivity index (χ0n) is 17.1. The first-order chi connectivity index (χ1) is 12.7. The Morgan fingerprint density at radius 3 is 2.70 bits per heavy atom. The Bertz CT molecular complexity index is 573. The normalized spacial score (nSPS) is 16.9. The summed E-state index contributed by atoms with van der Waals surface area (Å²) in [6, 6.07) is 6.34. The molecule has 2 rings (SSSR count). The molecule has 1 aliphatic heterocycles. The third-order valence-corrected chi connectivity index (χ3v) is 4.69. The highest BCUT2D eigenvalue weighted by atomic mass is 127. The van der Waals surface area contributed by atoms with Crippen molar-refractivity contribution in [3.05, 3.63) is 29.3 Å². The van der Waals surface area contributed by atoms with Crippen LogP contribution in [0.25, 0.3) is 0 Å². The van der Waals surface area contributed by atoms with Crippen LogP contribution in [0.5, 0.6) is 5.75 Å². The minimum atomic E-state index is 0. The molecule has 0 spiro atoms. The van der Waals surface area contributed by atoms with Crippen molar-refractivity contribution in [1.82, 2.24) is 15.5 Å². The average molecular weight is 490 g/mol. The molecule has 0 bridgehead atoms. The highest BCUT2D eigenvalue weighted by Crippen LogP contribution is 2.23. The number of nitrogens with one attached hydrogen (secondary N) is 2. The molecule has 2 N–H and O–H groups in total. The van der Waals surface area contributed by atoms with E-state index in [-0.39, 0.29) is 30.1 Å². The van der Waals surface area contributed by atoms with Crippen LogP contribution in [0, 0.1) is 6.92 Å². The quantitative estimate of drug-likeness (QED) is 0.317. The molecular weight excluding hydrogens is 455 g/mol. The Morgan fingerprint density at radius 1 is 1.30 bits per heavy atom. The van der Waals surface area contributed by atoms with Gasteiger partial charge in [0.05, 0.1) is 13.2 Å². The third kappa shape index (κ3) is 8.23. The fourth-order valence-electron chi connectivity index (χ4n) is 2.97. The van der Waals surface area contributed by atoms with Crippen LogP contribution < -0.4 is 15.4 Å². The lowest BCUT2D eigenvalue weighted by molar-refractivity contribution is 0.140. The van der Waals surface area contributed by atoms with E-state index in [4.69, 9.17) is 9.47 Å². The van der Waals surface area contributed by atoms with E-state index in [0.717, 1.165) is 56.5 Å². The maximum absolute atomic E-state index is 6.16. The number of likely N-dealkylation sites (N-methyl/N-ethyl adjacent to an activating group) is 1. The highest BCUT2D eigenvalue weighted by molar-refractivity contribution is 14.0. The Hall–Kier alpha value is -1.06. The molecule has 7 heteroatoms. The molecule has 0 amide bonds. The van der Waals surface area contributed by atoms with Crippen LogP contribution in [0.2, 0.25) is 0 Å². The number of aryl methyl sites for hydroxylation is 1. The van der Waals surface area contributed by atoms with Crippen molar-refractivity contribution in [3.8, 4) is 5.75 Å². The summed E-state index contributed by atoms with van der Waals surface area (Å²) in [7, 11) is 1.80. The van der Waals surface area contributed by atoms with E-state index >= 15 is 0 Å². The highest BCUT2D eigenvalue weighted by Gasteiger charge is 2.18. The molecule has 0 aromatic heterocycles. The largest absolute Gasteiger partial charge is 0.488 e. The SMILES string of the molecule is CCN(CC)CCNC(=NC)NCc1ccc(C)cc1OC1CCOC1.I. The smallest absolute Gasteiger partial charge is 0.191 e. The van der Waals surface area contributed by atoms with Crippen molar-refractivity contribution < 1.29 is 9.47 Å². The van der Waals surface area contributed by atoms with E-state index in [2.05, 4.69) is 59.5 Å². The van der Waals surface area contributed by atoms with Gasteiger partial charge in [-0.2, -0.15) is 0 Å². The Balaban J connectivity index is 0.00000364. The summed E-state index contributed by atoms with van der Waals surface area (Å²) in [5, 5.41) is 6.77. The van der Waals surface area contributed by atoms with Crippen molar-refractivity contribution >= 4 is 29.9 Å². The number of benzene rings is 1. The minimum Gasteiger partial charge on any atom is -0.488 e. The topological polar surface area (TPSA) is 58.1 Å². The molecule has 1 aromatic rings. The first-order valence-electron chi connectivity index (χ1n) is 9.67. The fourth-order valence-corrected chi connectivity index (χ4v) is 2.97. The van der Waals surface area contributed by atoms with Gasteiger partial charge in [-0.05, 0) is 31.6 Å². The van der Waals surface area contributed by atoms with Crippen LogP contribution in [-0.2, 0) is 11.3 Å². The number of hydrogen-bond donors (Lipinski definition) is 2. The van der Waals surface area contributed by atoms with Gasteiger partial charge in [0.2, 0.25) is 0 Å². The summed E-state index contributed by atoms with van der Waals surface area (Å²) < 4.78 is 11.6. The second kappa shape index (κ2) is 13.2. The first-order valence-corrected chi connectivity index (χ1v) is 9.67. The molecule has 0 radical (unpaired) electrons. The lowest BCUT2D eigenvalue weighted by atomic mass is 10.1. The van der Waals surface area contributed by atoms with Gasteiger partial charge in [-0.25, -0.2) is 0 Å². The Labute approximate surface area is 181 Å². The van der Waals surface area contributed by atoms with Gasteiger partial charge in [0.15, 0.2) is 5.96 Å². The predicted molar refractivity (Wildman–Crippen MR) is 122 cm³/mol. The molecule has 0 saturated carbocycles. The summed E-state index contributed by atoms with van der Waals surface area (Å²) >= 11 is 0. The number of hydrogen-bond acceptors (Lipinski definition) is 4. The second-order valence-electron chi connectivity index (χ2n) is 6.59. The second-order valence-corrected chi connectivity index (χ2v) is 6.59. The molecule has 1 unspecified atom stereocenters. The van der Waals surface area contributed by atoms with Gasteiger partial charge in [0, 0.05) is 38.7 Å². The summed E-state index contributed by atoms with van der Waals surface area (Å²) in [5.74, 6) is 1.75. The van der Waals surface area contributed by atoms with Crippen LogP contribution in [0.4, 0.5) is 0 Å². The van der Waals surface area contributed by atoms with Crippen LogP contribution in [-0.4, -0.2) is 63.4 Å². The van der Waals surface area contributed by atoms with Gasteiger partial charge < -0.3 is 25.0 Å². The zero-order valence-corrected chi connectivity index (χ0v) is 19.4. The Morgan fingerprint density at radius 2 is 2.07 bits per heavy atom. The lowest BCUT2D eigenvalue weighted by Crippen LogP contribution is -2.41. The number of ether oxygens (including phenoxy) is 2. The monoisotopic (exact) mass is 490 g/mol. The molecule has 1 saturated heterocycles. The molecular formula is C20H35IN4O2.